The van der Waals surface area contributed by atoms with Crippen molar-refractivity contribution in [3.63, 3.8) is 0 Å². The van der Waals surface area contributed by atoms with Crippen LogP contribution in [0, 0.1) is 0 Å². The van der Waals surface area contributed by atoms with Crippen LogP contribution in [-0.2, 0) is 9.84 Å². The van der Waals surface area contributed by atoms with Gasteiger partial charge in [-0.1, -0.05) is 19.8 Å². The number of carboxylic acids is 2. The molecule has 0 atom stereocenters. The van der Waals surface area contributed by atoms with Crippen LogP contribution < -0.4 is 0 Å². The average molecular weight is 290 g/mol. The van der Waals surface area contributed by atoms with Crippen molar-refractivity contribution in [2.75, 3.05) is 5.75 Å². The Kier molecular flexibility index (Phi) is 4.65. The minimum absolute atomic E-state index is 0.248. The summed E-state index contributed by atoms with van der Waals surface area (Å²) in [7, 11) is -3.88. The van der Waals surface area contributed by atoms with Gasteiger partial charge in [-0.05, 0) is 6.42 Å². The maximum absolute atomic E-state index is 11.9. The van der Waals surface area contributed by atoms with E-state index in [1.54, 1.807) is 0 Å². The van der Waals surface area contributed by atoms with Crippen molar-refractivity contribution in [2.45, 2.75) is 31.2 Å². The molecule has 0 aromatic carbocycles. The van der Waals surface area contributed by atoms with Gasteiger partial charge in [0.15, 0.2) is 20.6 Å². The number of hydrogen-bond acceptors (Lipinski definition) is 5. The van der Waals surface area contributed by atoms with Gasteiger partial charge in [0.25, 0.3) is 0 Å². The maximum Gasteiger partial charge on any atom is 0.357 e. The van der Waals surface area contributed by atoms with E-state index in [4.69, 9.17) is 10.2 Å². The van der Waals surface area contributed by atoms with Crippen LogP contribution in [0.1, 0.15) is 47.0 Å². The molecule has 0 spiro atoms. The van der Waals surface area contributed by atoms with Crippen LogP contribution in [0.3, 0.4) is 0 Å². The number of aromatic amines is 1. The summed E-state index contributed by atoms with van der Waals surface area (Å²) in [6, 6.07) is 0. The molecule has 0 aliphatic heterocycles. The van der Waals surface area contributed by atoms with E-state index in [1.165, 1.54) is 0 Å². The van der Waals surface area contributed by atoms with Crippen LogP contribution in [0.25, 0.3) is 0 Å². The van der Waals surface area contributed by atoms with E-state index < -0.39 is 38.1 Å². The number of aromatic nitrogens is 2. The highest BCUT2D eigenvalue weighted by atomic mass is 32.2. The van der Waals surface area contributed by atoms with Gasteiger partial charge >= 0.3 is 11.9 Å². The minimum atomic E-state index is -3.88. The molecule has 0 fully saturated rings. The van der Waals surface area contributed by atoms with Crippen molar-refractivity contribution in [2.24, 2.45) is 0 Å². The number of nitrogens with one attached hydrogen (secondary N) is 1. The van der Waals surface area contributed by atoms with Gasteiger partial charge in [-0.2, -0.15) is 5.10 Å². The van der Waals surface area contributed by atoms with Gasteiger partial charge in [-0.15, -0.1) is 0 Å². The summed E-state index contributed by atoms with van der Waals surface area (Å²) >= 11 is 0. The molecular weight excluding hydrogens is 276 g/mol. The predicted octanol–water partition coefficient (Wildman–Crippen LogP) is 0.770. The molecule has 0 bridgehead atoms. The third kappa shape index (κ3) is 3.31. The molecule has 9 heteroatoms. The number of unbranched alkanes of at least 4 members (excludes halogenated alkanes) is 2. The molecule has 1 heterocycles. The van der Waals surface area contributed by atoms with E-state index in [0.717, 1.165) is 6.42 Å². The van der Waals surface area contributed by atoms with E-state index in [9.17, 15) is 18.0 Å². The van der Waals surface area contributed by atoms with Crippen LogP contribution in [0.15, 0.2) is 5.03 Å². The summed E-state index contributed by atoms with van der Waals surface area (Å²) in [4.78, 5) is 21.8. The summed E-state index contributed by atoms with van der Waals surface area (Å²) < 4.78 is 23.9. The summed E-state index contributed by atoms with van der Waals surface area (Å²) in [5, 5.41) is 22.3. The second-order valence-corrected chi connectivity index (χ2v) is 5.96. The number of carboxylic acid groups (broad SMARTS) is 2. The fourth-order valence-electron chi connectivity index (χ4n) is 1.55. The minimum Gasteiger partial charge on any atom is -0.478 e. The molecule has 0 radical (unpaired) electrons. The summed E-state index contributed by atoms with van der Waals surface area (Å²) in [5.41, 5.74) is -1.62. The van der Waals surface area contributed by atoms with Gasteiger partial charge in [0.1, 0.15) is 5.56 Å². The highest BCUT2D eigenvalue weighted by Crippen LogP contribution is 2.19. The Morgan fingerprint density at radius 2 is 1.84 bits per heavy atom. The van der Waals surface area contributed by atoms with Gasteiger partial charge in [0.05, 0.1) is 5.75 Å². The summed E-state index contributed by atoms with van der Waals surface area (Å²) in [5.74, 6) is -3.48. The smallest absolute Gasteiger partial charge is 0.357 e. The Morgan fingerprint density at radius 3 is 2.32 bits per heavy atom. The lowest BCUT2D eigenvalue weighted by Gasteiger charge is -2.02. The van der Waals surface area contributed by atoms with Crippen molar-refractivity contribution in [1.29, 1.82) is 0 Å². The lowest BCUT2D eigenvalue weighted by Crippen LogP contribution is -2.14. The van der Waals surface area contributed by atoms with Crippen molar-refractivity contribution < 1.29 is 28.2 Å². The molecule has 106 valence electrons. The fraction of sp³-hybridized carbons (Fsp3) is 0.500. The number of hydrogen-bond donors (Lipinski definition) is 3. The number of nitrogens with zero attached hydrogens (tertiary/aromatic N) is 1. The Morgan fingerprint density at radius 1 is 1.21 bits per heavy atom. The third-order valence-electron chi connectivity index (χ3n) is 2.48. The first-order valence-electron chi connectivity index (χ1n) is 5.59. The zero-order valence-electron chi connectivity index (χ0n) is 10.2. The molecule has 19 heavy (non-hydrogen) atoms. The largest absolute Gasteiger partial charge is 0.478 e. The Labute approximate surface area is 109 Å². The topological polar surface area (TPSA) is 137 Å². The average Bonchev–Trinajstić information content (AvgIpc) is 2.74. The molecule has 3 N–H and O–H groups in total. The molecule has 0 saturated carbocycles. The first-order valence-corrected chi connectivity index (χ1v) is 7.24. The van der Waals surface area contributed by atoms with Crippen LogP contribution in [-0.4, -0.2) is 46.5 Å². The molecule has 0 unspecified atom stereocenters. The molecule has 1 aromatic heterocycles. The van der Waals surface area contributed by atoms with Gasteiger partial charge in [-0.3, -0.25) is 5.10 Å². The first-order chi connectivity index (χ1) is 8.81. The van der Waals surface area contributed by atoms with E-state index in [1.807, 2.05) is 12.0 Å². The van der Waals surface area contributed by atoms with Crippen molar-refractivity contribution in [1.82, 2.24) is 10.2 Å². The number of carbonyl (C=O) groups is 2. The zero-order valence-corrected chi connectivity index (χ0v) is 11.0. The number of rotatable bonds is 7. The van der Waals surface area contributed by atoms with Crippen LogP contribution >= 0.6 is 0 Å². The fourth-order valence-corrected chi connectivity index (χ4v) is 3.02. The molecule has 0 amide bonds. The quantitative estimate of drug-likeness (QED) is 0.630. The van der Waals surface area contributed by atoms with Gasteiger partial charge in [-0.25, -0.2) is 18.0 Å². The Bertz CT molecular complexity index is 589. The lowest BCUT2D eigenvalue weighted by molar-refractivity contribution is 0.0646. The predicted molar refractivity (Wildman–Crippen MR) is 64.1 cm³/mol. The van der Waals surface area contributed by atoms with Crippen molar-refractivity contribution in [3.8, 4) is 0 Å². The monoisotopic (exact) mass is 290 g/mol. The highest BCUT2D eigenvalue weighted by molar-refractivity contribution is 7.91. The van der Waals surface area contributed by atoms with Crippen LogP contribution in [0.5, 0.6) is 0 Å². The maximum atomic E-state index is 11.9. The van der Waals surface area contributed by atoms with E-state index in [2.05, 4.69) is 5.10 Å². The number of aromatic carboxylic acids is 2. The Hall–Kier alpha value is -1.90. The van der Waals surface area contributed by atoms with E-state index in [-0.39, 0.29) is 5.75 Å². The molecule has 0 saturated heterocycles. The summed E-state index contributed by atoms with van der Waals surface area (Å²) in [6.45, 7) is 1.90. The van der Waals surface area contributed by atoms with E-state index in [0.29, 0.717) is 12.8 Å². The second kappa shape index (κ2) is 5.83. The Balaban J connectivity index is 3.20. The summed E-state index contributed by atoms with van der Waals surface area (Å²) in [6.07, 6.45) is 1.87. The van der Waals surface area contributed by atoms with Crippen molar-refractivity contribution >= 4 is 21.8 Å². The number of H-pyrrole nitrogens is 1. The van der Waals surface area contributed by atoms with Gasteiger partial charge in [0, 0.05) is 0 Å². The number of sulfone groups is 1. The highest BCUT2D eigenvalue weighted by Gasteiger charge is 2.31. The molecule has 1 aromatic rings. The molecule has 1 rings (SSSR count). The van der Waals surface area contributed by atoms with E-state index >= 15 is 0 Å². The zero-order chi connectivity index (χ0) is 14.6. The van der Waals surface area contributed by atoms with Gasteiger partial charge in [0.2, 0.25) is 0 Å². The second-order valence-electron chi connectivity index (χ2n) is 3.91. The van der Waals surface area contributed by atoms with Crippen LogP contribution in [0.2, 0.25) is 0 Å². The van der Waals surface area contributed by atoms with Crippen molar-refractivity contribution in [3.05, 3.63) is 11.3 Å². The first kappa shape index (κ1) is 15.2. The lowest BCUT2D eigenvalue weighted by atomic mass is 10.2. The standard InChI is InChI=1S/C10H14N2O6S/c1-2-3-4-5-19(17,18)8-6(9(13)14)7(10(15)16)11-12-8/h2-5H2,1H3,(H,11,12)(H,13,14)(H,15,16). The molecule has 8 nitrogen and oxygen atoms in total. The molecule has 0 aliphatic rings. The molecular formula is C10H14N2O6S. The van der Waals surface area contributed by atoms with Gasteiger partial charge < -0.3 is 10.2 Å². The normalized spacial score (nSPS) is 11.4. The SMILES string of the molecule is CCCCCS(=O)(=O)c1[nH]nc(C(=O)O)c1C(=O)O. The third-order valence-corrected chi connectivity index (χ3v) is 4.22. The molecule has 0 aliphatic carbocycles. The van der Waals surface area contributed by atoms with Crippen LogP contribution in [0.4, 0.5) is 0 Å².